The van der Waals surface area contributed by atoms with Gasteiger partial charge in [0, 0.05) is 63.5 Å². The second-order valence-electron chi connectivity index (χ2n) is 11.0. The second kappa shape index (κ2) is 11.3. The highest BCUT2D eigenvalue weighted by Gasteiger charge is 2.43. The van der Waals surface area contributed by atoms with Crippen LogP contribution in [0.3, 0.4) is 0 Å². The van der Waals surface area contributed by atoms with Gasteiger partial charge < -0.3 is 29.9 Å². The zero-order chi connectivity index (χ0) is 27.6. The molecule has 3 aliphatic rings. The minimum Gasteiger partial charge on any atom is -0.476 e. The van der Waals surface area contributed by atoms with Crippen LogP contribution in [0.1, 0.15) is 49.9 Å². The van der Waals surface area contributed by atoms with Crippen molar-refractivity contribution < 1.29 is 23.9 Å². The Kier molecular flexibility index (Phi) is 7.86. The average Bonchev–Trinajstić information content (AvgIpc) is 3.77. The molecule has 2 fully saturated rings. The number of benzene rings is 1. The van der Waals surface area contributed by atoms with Gasteiger partial charge in [-0.2, -0.15) is 0 Å². The number of amides is 3. The van der Waals surface area contributed by atoms with E-state index < -0.39 is 5.60 Å². The van der Waals surface area contributed by atoms with Gasteiger partial charge in [0.1, 0.15) is 5.75 Å². The molecule has 208 valence electrons. The number of aromatic nitrogens is 1. The molecule has 1 saturated heterocycles. The molecule has 39 heavy (non-hydrogen) atoms. The van der Waals surface area contributed by atoms with Crippen LogP contribution in [0.5, 0.6) is 5.75 Å². The van der Waals surface area contributed by atoms with Crippen molar-refractivity contribution >= 4 is 29.1 Å². The van der Waals surface area contributed by atoms with Gasteiger partial charge in [-0.05, 0) is 69.9 Å². The van der Waals surface area contributed by atoms with Crippen LogP contribution >= 0.6 is 0 Å². The van der Waals surface area contributed by atoms with E-state index in [1.54, 1.807) is 44.2 Å². The number of rotatable bonds is 9. The maximum absolute atomic E-state index is 13.9. The molecule has 2 aliphatic heterocycles. The molecular formula is C29H37N5O5. The summed E-state index contributed by atoms with van der Waals surface area (Å²) < 4.78 is 11.3. The van der Waals surface area contributed by atoms with Crippen LogP contribution in [0, 0.1) is 5.92 Å². The molecule has 0 radical (unpaired) electrons. The number of fused-ring (bicyclic) bond motifs is 1. The van der Waals surface area contributed by atoms with Crippen LogP contribution < -0.4 is 25.2 Å². The molecular weight excluding hydrogens is 498 g/mol. The fraction of sp³-hybridized carbons (Fsp3) is 0.517. The van der Waals surface area contributed by atoms with Crippen molar-refractivity contribution in [1.82, 2.24) is 15.6 Å². The van der Waals surface area contributed by atoms with Crippen LogP contribution in [0.15, 0.2) is 42.7 Å². The molecule has 2 atom stereocenters. The summed E-state index contributed by atoms with van der Waals surface area (Å²) in [6, 6.07) is 9.08. The number of anilines is 2. The Morgan fingerprint density at radius 2 is 2.08 bits per heavy atom. The predicted octanol–water partition coefficient (Wildman–Crippen LogP) is 2.53. The van der Waals surface area contributed by atoms with Crippen LogP contribution in [0.25, 0.3) is 0 Å². The zero-order valence-electron chi connectivity index (χ0n) is 22.8. The van der Waals surface area contributed by atoms with Gasteiger partial charge >= 0.3 is 0 Å². The molecule has 3 heterocycles. The van der Waals surface area contributed by atoms with E-state index in [1.807, 2.05) is 23.1 Å². The summed E-state index contributed by atoms with van der Waals surface area (Å²) in [6.07, 6.45) is 6.27. The molecule has 5 rings (SSSR count). The number of hydrogen-bond donors (Lipinski definition) is 2. The topological polar surface area (TPSA) is 113 Å². The molecule has 2 N–H and O–H groups in total. The number of carbonyl (C=O) groups excluding carboxylic acids is 3. The molecule has 2 unspecified atom stereocenters. The maximum atomic E-state index is 13.9. The van der Waals surface area contributed by atoms with E-state index in [2.05, 4.69) is 15.6 Å². The average molecular weight is 536 g/mol. The summed E-state index contributed by atoms with van der Waals surface area (Å²) >= 11 is 0. The first-order valence-electron chi connectivity index (χ1n) is 13.7. The standard InChI is InChI=1S/C29H37N5O5/c1-29(2)28(37)33(12-5-13-38-3)24-15-23(9-10-25(24)39-29)34(22-7-8-22)27(36)20-14-21(18-31-17-20)32-26(35)19-6-4-11-30-16-19/h4,6,9-11,15-16,20-22,31H,5,7-8,12-14,17-18H2,1-3H3,(H,32,35). The number of pyridine rings is 1. The number of methoxy groups -OCH3 is 1. The first-order chi connectivity index (χ1) is 18.8. The van der Waals surface area contributed by atoms with Gasteiger partial charge in [-0.15, -0.1) is 0 Å². The zero-order valence-corrected chi connectivity index (χ0v) is 22.8. The number of piperidine rings is 1. The summed E-state index contributed by atoms with van der Waals surface area (Å²) in [7, 11) is 1.64. The van der Waals surface area contributed by atoms with E-state index in [9.17, 15) is 14.4 Å². The van der Waals surface area contributed by atoms with Crippen molar-refractivity contribution in [1.29, 1.82) is 0 Å². The molecule has 2 aromatic rings. The minimum absolute atomic E-state index is 0.0274. The Bertz CT molecular complexity index is 1220. The lowest BCUT2D eigenvalue weighted by Crippen LogP contribution is -2.53. The Balaban J connectivity index is 1.35. The lowest BCUT2D eigenvalue weighted by atomic mass is 9.93. The van der Waals surface area contributed by atoms with E-state index >= 15 is 0 Å². The fourth-order valence-electron chi connectivity index (χ4n) is 5.35. The highest BCUT2D eigenvalue weighted by Crippen LogP contribution is 2.42. The quantitative estimate of drug-likeness (QED) is 0.475. The van der Waals surface area contributed by atoms with Crippen molar-refractivity contribution in [2.24, 2.45) is 5.92 Å². The van der Waals surface area contributed by atoms with Gasteiger partial charge in [-0.3, -0.25) is 19.4 Å². The molecule has 3 amide bonds. The van der Waals surface area contributed by atoms with Crippen molar-refractivity contribution in [3.63, 3.8) is 0 Å². The Morgan fingerprint density at radius 1 is 1.26 bits per heavy atom. The van der Waals surface area contributed by atoms with Crippen LogP contribution in [-0.4, -0.2) is 73.7 Å². The lowest BCUT2D eigenvalue weighted by Gasteiger charge is -2.40. The first-order valence-corrected chi connectivity index (χ1v) is 13.7. The molecule has 0 spiro atoms. The van der Waals surface area contributed by atoms with E-state index in [1.165, 1.54) is 6.20 Å². The molecule has 0 bridgehead atoms. The van der Waals surface area contributed by atoms with Gasteiger partial charge in [0.25, 0.3) is 11.8 Å². The highest BCUT2D eigenvalue weighted by atomic mass is 16.5. The largest absolute Gasteiger partial charge is 0.476 e. The fourth-order valence-corrected chi connectivity index (χ4v) is 5.35. The smallest absolute Gasteiger partial charge is 0.270 e. The Morgan fingerprint density at radius 3 is 2.79 bits per heavy atom. The summed E-state index contributed by atoms with van der Waals surface area (Å²) in [5.74, 6) is 0.0550. The Labute approximate surface area is 229 Å². The number of nitrogens with zero attached hydrogens (tertiary/aromatic N) is 3. The van der Waals surface area contributed by atoms with Crippen LogP contribution in [-0.2, 0) is 14.3 Å². The molecule has 1 aliphatic carbocycles. The second-order valence-corrected chi connectivity index (χ2v) is 11.0. The third-order valence-corrected chi connectivity index (χ3v) is 7.48. The first kappa shape index (κ1) is 27.1. The molecule has 1 aromatic heterocycles. The van der Waals surface area contributed by atoms with Crippen molar-refractivity contribution in [3.8, 4) is 5.75 Å². The van der Waals surface area contributed by atoms with E-state index in [0.29, 0.717) is 56.1 Å². The van der Waals surface area contributed by atoms with Gasteiger partial charge in [0.15, 0.2) is 5.60 Å². The number of carbonyl (C=O) groups is 3. The van der Waals surface area contributed by atoms with E-state index in [-0.39, 0.29) is 35.7 Å². The Hall–Kier alpha value is -3.50. The summed E-state index contributed by atoms with van der Waals surface area (Å²) in [6.45, 7) is 5.73. The van der Waals surface area contributed by atoms with E-state index in [0.717, 1.165) is 18.5 Å². The lowest BCUT2D eigenvalue weighted by molar-refractivity contribution is -0.132. The van der Waals surface area contributed by atoms with Gasteiger partial charge in [-0.1, -0.05) is 0 Å². The van der Waals surface area contributed by atoms with Gasteiger partial charge in [-0.25, -0.2) is 0 Å². The molecule has 10 nitrogen and oxygen atoms in total. The van der Waals surface area contributed by atoms with Gasteiger partial charge in [0.05, 0.1) is 17.2 Å². The minimum atomic E-state index is -0.976. The van der Waals surface area contributed by atoms with E-state index in [4.69, 9.17) is 9.47 Å². The normalized spacial score (nSPS) is 22.0. The molecule has 1 aromatic carbocycles. The third kappa shape index (κ3) is 5.91. The summed E-state index contributed by atoms with van der Waals surface area (Å²) in [5.41, 5.74) is 0.955. The van der Waals surface area contributed by atoms with Crippen molar-refractivity contribution in [2.75, 3.05) is 43.2 Å². The number of hydrogen-bond acceptors (Lipinski definition) is 7. The summed E-state index contributed by atoms with van der Waals surface area (Å²) in [4.78, 5) is 47.5. The number of nitrogens with one attached hydrogen (secondary N) is 2. The van der Waals surface area contributed by atoms with Crippen LogP contribution in [0.4, 0.5) is 11.4 Å². The van der Waals surface area contributed by atoms with Gasteiger partial charge in [0.2, 0.25) is 5.91 Å². The number of ether oxygens (including phenoxy) is 2. The summed E-state index contributed by atoms with van der Waals surface area (Å²) in [5, 5.41) is 6.37. The predicted molar refractivity (Wildman–Crippen MR) is 147 cm³/mol. The van der Waals surface area contributed by atoms with Crippen molar-refractivity contribution in [2.45, 2.75) is 57.2 Å². The molecule has 10 heteroatoms. The highest BCUT2D eigenvalue weighted by molar-refractivity contribution is 6.04. The van der Waals surface area contributed by atoms with Crippen LogP contribution in [0.2, 0.25) is 0 Å². The SMILES string of the molecule is COCCCN1C(=O)C(C)(C)Oc2ccc(N(C(=O)C3CNCC(NC(=O)c4cccnc4)C3)C3CC3)cc21. The maximum Gasteiger partial charge on any atom is 0.270 e. The monoisotopic (exact) mass is 535 g/mol. The van der Waals surface area contributed by atoms with Crippen molar-refractivity contribution in [3.05, 3.63) is 48.3 Å². The third-order valence-electron chi connectivity index (χ3n) is 7.48. The molecule has 1 saturated carbocycles.